The van der Waals surface area contributed by atoms with Gasteiger partial charge in [0.05, 0.1) is 23.8 Å². The molecule has 2 amide bonds. The molecule has 5 nitrogen and oxygen atoms in total. The van der Waals surface area contributed by atoms with Gasteiger partial charge in [0, 0.05) is 6.04 Å². The first-order chi connectivity index (χ1) is 13.1. The third kappa shape index (κ3) is 5.95. The van der Waals surface area contributed by atoms with Crippen LogP contribution in [0.1, 0.15) is 45.1 Å². The Labute approximate surface area is 163 Å². The molecule has 1 aromatic carbocycles. The average molecular weight is 399 g/mol. The van der Waals surface area contributed by atoms with Crippen molar-refractivity contribution in [2.24, 2.45) is 5.92 Å². The van der Waals surface area contributed by atoms with Crippen LogP contribution in [-0.2, 0) is 15.8 Å². The fourth-order valence-electron chi connectivity index (χ4n) is 3.43. The van der Waals surface area contributed by atoms with Crippen molar-refractivity contribution in [2.45, 2.75) is 57.8 Å². The molecule has 1 aromatic rings. The molecule has 28 heavy (non-hydrogen) atoms. The van der Waals surface area contributed by atoms with E-state index in [1.54, 1.807) is 14.0 Å². The van der Waals surface area contributed by atoms with Crippen LogP contribution in [0.4, 0.5) is 18.9 Å². The van der Waals surface area contributed by atoms with E-state index in [0.717, 1.165) is 25.3 Å². The highest BCUT2D eigenvalue weighted by Crippen LogP contribution is 2.34. The lowest BCUT2D eigenvalue weighted by Crippen LogP contribution is -2.50. The monoisotopic (exact) mass is 399 g/mol. The Hall–Kier alpha value is -2.09. The summed E-state index contributed by atoms with van der Waals surface area (Å²) in [6, 6.07) is 4.38. The van der Waals surface area contributed by atoms with Gasteiger partial charge in [-0.3, -0.25) is 14.5 Å². The van der Waals surface area contributed by atoms with Crippen LogP contribution < -0.4 is 10.6 Å². The Balaban J connectivity index is 1.92. The van der Waals surface area contributed by atoms with Gasteiger partial charge in [0.2, 0.25) is 11.8 Å². The van der Waals surface area contributed by atoms with E-state index >= 15 is 0 Å². The second-order valence-corrected chi connectivity index (χ2v) is 7.56. The summed E-state index contributed by atoms with van der Waals surface area (Å²) >= 11 is 0. The van der Waals surface area contributed by atoms with Crippen molar-refractivity contribution in [1.29, 1.82) is 0 Å². The molecule has 156 valence electrons. The molecule has 1 fully saturated rings. The Morgan fingerprint density at radius 2 is 1.86 bits per heavy atom. The first-order valence-electron chi connectivity index (χ1n) is 9.56. The highest BCUT2D eigenvalue weighted by atomic mass is 19.4. The average Bonchev–Trinajstić information content (AvgIpc) is 2.62. The van der Waals surface area contributed by atoms with Gasteiger partial charge in [-0.15, -0.1) is 0 Å². The minimum atomic E-state index is -4.56. The zero-order chi connectivity index (χ0) is 20.9. The van der Waals surface area contributed by atoms with E-state index < -0.39 is 23.7 Å². The number of hydrogen-bond acceptors (Lipinski definition) is 3. The van der Waals surface area contributed by atoms with Gasteiger partial charge in [-0.2, -0.15) is 13.2 Å². The van der Waals surface area contributed by atoms with E-state index in [0.29, 0.717) is 5.92 Å². The highest BCUT2D eigenvalue weighted by Gasteiger charge is 2.34. The molecule has 0 aromatic heterocycles. The molecule has 0 unspecified atom stereocenters. The summed E-state index contributed by atoms with van der Waals surface area (Å²) in [7, 11) is 1.60. The minimum Gasteiger partial charge on any atom is -0.352 e. The van der Waals surface area contributed by atoms with Gasteiger partial charge in [-0.25, -0.2) is 0 Å². The zero-order valence-electron chi connectivity index (χ0n) is 16.5. The van der Waals surface area contributed by atoms with Crippen LogP contribution in [0, 0.1) is 5.92 Å². The lowest BCUT2D eigenvalue weighted by molar-refractivity contribution is -0.137. The van der Waals surface area contributed by atoms with Crippen LogP contribution in [0.2, 0.25) is 0 Å². The molecule has 0 bridgehead atoms. The Morgan fingerprint density at radius 3 is 2.50 bits per heavy atom. The Kier molecular flexibility index (Phi) is 7.46. The minimum absolute atomic E-state index is 0.129. The number of hydrogen-bond donors (Lipinski definition) is 2. The summed E-state index contributed by atoms with van der Waals surface area (Å²) in [5.41, 5.74) is -1.19. The number of likely N-dealkylation sites (N-methyl/N-ethyl adjacent to an activating group) is 1. The van der Waals surface area contributed by atoms with Gasteiger partial charge in [-0.05, 0) is 44.9 Å². The molecule has 2 N–H and O–H groups in total. The predicted molar refractivity (Wildman–Crippen MR) is 102 cm³/mol. The maximum atomic E-state index is 13.0. The van der Waals surface area contributed by atoms with Crippen molar-refractivity contribution in [3.05, 3.63) is 29.8 Å². The normalized spacial score (nSPS) is 21.2. The molecule has 0 aliphatic heterocycles. The smallest absolute Gasteiger partial charge is 0.352 e. The third-order valence-corrected chi connectivity index (χ3v) is 5.38. The summed E-state index contributed by atoms with van der Waals surface area (Å²) in [6.07, 6.45) is -0.281. The van der Waals surface area contributed by atoms with E-state index in [1.807, 2.05) is 0 Å². The number of benzene rings is 1. The summed E-state index contributed by atoms with van der Waals surface area (Å²) in [5, 5.41) is 5.34. The summed E-state index contributed by atoms with van der Waals surface area (Å²) in [5.74, 6) is -0.369. The topological polar surface area (TPSA) is 61.4 Å². The lowest BCUT2D eigenvalue weighted by Gasteiger charge is -2.32. The molecule has 0 spiro atoms. The molecule has 0 radical (unpaired) electrons. The van der Waals surface area contributed by atoms with E-state index in [2.05, 4.69) is 17.6 Å². The number of nitrogens with zero attached hydrogens (tertiary/aromatic N) is 1. The van der Waals surface area contributed by atoms with Crippen LogP contribution in [0.5, 0.6) is 0 Å². The fraction of sp³-hybridized carbons (Fsp3) is 0.600. The zero-order valence-corrected chi connectivity index (χ0v) is 16.5. The quantitative estimate of drug-likeness (QED) is 0.768. The molecular weight excluding hydrogens is 371 g/mol. The van der Waals surface area contributed by atoms with Crippen molar-refractivity contribution in [3.63, 3.8) is 0 Å². The molecule has 3 atom stereocenters. The first-order valence-corrected chi connectivity index (χ1v) is 9.56. The standard InChI is InChI=1S/C20H28F3N3O2/c1-13-8-4-6-10-16(13)25-19(28)14(2)26(3)12-18(27)24-17-11-7-5-9-15(17)20(21,22)23/h5,7,9,11,13-14,16H,4,6,8,10,12H2,1-3H3,(H,24,27)(H,25,28)/t13-,14-,16+/m1/s1. The van der Waals surface area contributed by atoms with Gasteiger partial charge >= 0.3 is 6.18 Å². The van der Waals surface area contributed by atoms with Gasteiger partial charge in [-0.1, -0.05) is 31.9 Å². The van der Waals surface area contributed by atoms with Crippen LogP contribution in [0.25, 0.3) is 0 Å². The maximum Gasteiger partial charge on any atom is 0.418 e. The number of amides is 2. The van der Waals surface area contributed by atoms with Gasteiger partial charge in [0.1, 0.15) is 0 Å². The second kappa shape index (κ2) is 9.41. The number of para-hydroxylation sites is 1. The van der Waals surface area contributed by atoms with Gasteiger partial charge in [0.25, 0.3) is 0 Å². The van der Waals surface area contributed by atoms with Crippen molar-refractivity contribution in [1.82, 2.24) is 10.2 Å². The number of alkyl halides is 3. The fourth-order valence-corrected chi connectivity index (χ4v) is 3.43. The predicted octanol–water partition coefficient (Wildman–Crippen LogP) is 3.66. The molecule has 2 rings (SSSR count). The van der Waals surface area contributed by atoms with Gasteiger partial charge < -0.3 is 10.6 Å². The van der Waals surface area contributed by atoms with Crippen molar-refractivity contribution < 1.29 is 22.8 Å². The highest BCUT2D eigenvalue weighted by molar-refractivity contribution is 5.93. The van der Waals surface area contributed by atoms with Crippen LogP contribution in [0.3, 0.4) is 0 Å². The SMILES string of the molecule is C[C@@H]1CCCC[C@@H]1NC(=O)[C@@H](C)N(C)CC(=O)Nc1ccccc1C(F)(F)F. The number of carbonyl (C=O) groups excluding carboxylic acids is 2. The number of nitrogens with one attached hydrogen (secondary N) is 2. The van der Waals surface area contributed by atoms with Crippen molar-refractivity contribution in [2.75, 3.05) is 18.9 Å². The molecule has 8 heteroatoms. The van der Waals surface area contributed by atoms with Crippen LogP contribution >= 0.6 is 0 Å². The Morgan fingerprint density at radius 1 is 1.21 bits per heavy atom. The maximum absolute atomic E-state index is 13.0. The molecule has 1 aliphatic carbocycles. The molecule has 1 saturated carbocycles. The van der Waals surface area contributed by atoms with Crippen LogP contribution in [0.15, 0.2) is 24.3 Å². The number of rotatable bonds is 6. The summed E-state index contributed by atoms with van der Waals surface area (Å²) in [6.45, 7) is 3.60. The van der Waals surface area contributed by atoms with Crippen LogP contribution in [-0.4, -0.2) is 42.4 Å². The van der Waals surface area contributed by atoms with Crippen molar-refractivity contribution >= 4 is 17.5 Å². The largest absolute Gasteiger partial charge is 0.418 e. The van der Waals surface area contributed by atoms with E-state index in [9.17, 15) is 22.8 Å². The molecular formula is C20H28F3N3O2. The second-order valence-electron chi connectivity index (χ2n) is 7.56. The summed E-state index contributed by atoms with van der Waals surface area (Å²) in [4.78, 5) is 26.2. The van der Waals surface area contributed by atoms with E-state index in [4.69, 9.17) is 0 Å². The number of anilines is 1. The summed E-state index contributed by atoms with van der Waals surface area (Å²) < 4.78 is 39.1. The third-order valence-electron chi connectivity index (χ3n) is 5.38. The Bertz CT molecular complexity index is 694. The number of carbonyl (C=O) groups is 2. The molecule has 0 saturated heterocycles. The lowest BCUT2D eigenvalue weighted by atomic mass is 9.86. The molecule has 0 heterocycles. The molecule has 1 aliphatic rings. The van der Waals surface area contributed by atoms with Crippen molar-refractivity contribution in [3.8, 4) is 0 Å². The van der Waals surface area contributed by atoms with E-state index in [1.165, 1.54) is 29.5 Å². The van der Waals surface area contributed by atoms with E-state index in [-0.39, 0.29) is 24.2 Å². The first kappa shape index (κ1) is 22.2. The number of halogens is 3. The van der Waals surface area contributed by atoms with Gasteiger partial charge in [0.15, 0.2) is 0 Å².